The van der Waals surface area contributed by atoms with Gasteiger partial charge in [-0.2, -0.15) is 13.2 Å². The standard InChI is InChI=1S/C46H58N6O9S.C2HF3O2/c1-28-39(62-27-48-28)30-19-17-29(18-20-30)25-47-41(56)34-24-31(53)26-51(34)45(60)40(46(2,3)4)49-36(54)16-11-9-7-5-6-8-10-12-23-61-35-15-13-14-32-38(35)44(59)52(43(32)58)33-21-22-37(55)50-42(33)57;3-2(4,5)1(6)7/h13-15,17-20,27,31,33-34,40,53H,5-12,16,21-26H2,1-4H3,(H,47,56)(H,49,54)(H,50,55,57);(H,6,7)/t31-,33?,34+,40-;/m1./s1. The number of ether oxygens (including phenoxy) is 1. The molecule has 3 aromatic rings. The lowest BCUT2D eigenvalue weighted by Crippen LogP contribution is -2.57. The number of aliphatic hydroxyl groups is 1. The number of nitrogens with zero attached hydrogens (tertiary/aromatic N) is 3. The highest BCUT2D eigenvalue weighted by molar-refractivity contribution is 7.13. The fourth-order valence-corrected chi connectivity index (χ4v) is 9.06. The molecule has 0 radical (unpaired) electrons. The largest absolute Gasteiger partial charge is 0.493 e. The van der Waals surface area contributed by atoms with Crippen LogP contribution >= 0.6 is 11.3 Å². The van der Waals surface area contributed by atoms with E-state index in [2.05, 4.69) is 20.9 Å². The number of β-amino-alcohol motifs (C(OH)–C–C–N with tert-alkyl or cyclic N) is 1. The van der Waals surface area contributed by atoms with Crippen molar-refractivity contribution in [2.75, 3.05) is 13.2 Å². The lowest BCUT2D eigenvalue weighted by Gasteiger charge is -2.35. The summed E-state index contributed by atoms with van der Waals surface area (Å²) < 4.78 is 37.7. The number of imide groups is 2. The van der Waals surface area contributed by atoms with Crippen molar-refractivity contribution >= 4 is 58.7 Å². The number of aryl methyl sites for hydroxylation is 1. The van der Waals surface area contributed by atoms with Crippen LogP contribution in [0.4, 0.5) is 13.2 Å². The first-order valence-corrected chi connectivity index (χ1v) is 23.8. The van der Waals surface area contributed by atoms with Crippen LogP contribution in [0.5, 0.6) is 5.75 Å². The van der Waals surface area contributed by atoms with E-state index in [0.29, 0.717) is 18.8 Å². The molecule has 5 N–H and O–H groups in total. The van der Waals surface area contributed by atoms with Crippen molar-refractivity contribution in [1.82, 2.24) is 30.7 Å². The SMILES string of the molecule is Cc1ncsc1-c1ccc(CNC(=O)[C@@H]2C[C@@H](O)CN2C(=O)[C@@H](NC(=O)CCCCCCCCCCOc2cccc3c2C(=O)N(C2CCC(=O)NC2=O)C3=O)C(C)(C)C)cc1.O=C(O)C(F)(F)F. The summed E-state index contributed by atoms with van der Waals surface area (Å²) >= 11 is 1.57. The second kappa shape index (κ2) is 23.9. The van der Waals surface area contributed by atoms with E-state index in [9.17, 15) is 51.8 Å². The quantitative estimate of drug-likeness (QED) is 0.0702. The van der Waals surface area contributed by atoms with Crippen molar-refractivity contribution in [3.8, 4) is 16.2 Å². The maximum Gasteiger partial charge on any atom is 0.490 e. The number of hydrogen-bond acceptors (Lipinski definition) is 12. The number of halogens is 3. The Bertz CT molecular complexity index is 2370. The van der Waals surface area contributed by atoms with Gasteiger partial charge in [-0.3, -0.25) is 43.8 Å². The van der Waals surface area contributed by atoms with Crippen LogP contribution in [-0.4, -0.2) is 116 Å². The number of carboxylic acids is 1. The van der Waals surface area contributed by atoms with Crippen LogP contribution in [0.25, 0.3) is 10.4 Å². The van der Waals surface area contributed by atoms with Crippen LogP contribution in [-0.2, 0) is 35.3 Å². The van der Waals surface area contributed by atoms with Crippen molar-refractivity contribution < 1.29 is 66.5 Å². The average Bonchev–Trinajstić information content (AvgIpc) is 3.98. The number of amides is 7. The third kappa shape index (κ3) is 14.4. The molecular weight excluding hydrogens is 926 g/mol. The molecule has 374 valence electrons. The van der Waals surface area contributed by atoms with Gasteiger partial charge < -0.3 is 30.5 Å². The van der Waals surface area contributed by atoms with Gasteiger partial charge in [-0.1, -0.05) is 89.6 Å². The van der Waals surface area contributed by atoms with Crippen LogP contribution < -0.4 is 20.7 Å². The first-order chi connectivity index (χ1) is 32.6. The monoisotopic (exact) mass is 984 g/mol. The number of thiazole rings is 1. The Kier molecular flexibility index (Phi) is 18.6. The number of unbranched alkanes of at least 4 members (excludes halogenated alkanes) is 7. The molecule has 2 saturated heterocycles. The van der Waals surface area contributed by atoms with Gasteiger partial charge in [0.1, 0.15) is 23.9 Å². The number of aliphatic hydroxyl groups excluding tert-OH is 1. The fourth-order valence-electron chi connectivity index (χ4n) is 8.25. The number of aliphatic carboxylic acids is 1. The predicted molar refractivity (Wildman–Crippen MR) is 245 cm³/mol. The van der Waals surface area contributed by atoms with Crippen LogP contribution in [0, 0.1) is 12.3 Å². The number of hydrogen-bond donors (Lipinski definition) is 5. The zero-order valence-corrected chi connectivity index (χ0v) is 39.8. The molecular formula is C48H59F3N6O11S. The second-order valence-electron chi connectivity index (χ2n) is 18.3. The summed E-state index contributed by atoms with van der Waals surface area (Å²) in [4.78, 5) is 107. The summed E-state index contributed by atoms with van der Waals surface area (Å²) in [5, 5.41) is 25.8. The summed E-state index contributed by atoms with van der Waals surface area (Å²) in [6, 6.07) is 9.95. The summed E-state index contributed by atoms with van der Waals surface area (Å²) in [7, 11) is 0. The number of carbonyl (C=O) groups excluding carboxylic acids is 7. The molecule has 4 heterocycles. The van der Waals surface area contributed by atoms with Gasteiger partial charge in [0.15, 0.2) is 0 Å². The minimum absolute atomic E-state index is 0.0142. The Morgan fingerprint density at radius 3 is 2.16 bits per heavy atom. The van der Waals surface area contributed by atoms with E-state index in [1.165, 1.54) is 4.90 Å². The fraction of sp³-hybridized carbons (Fsp3) is 0.521. The lowest BCUT2D eigenvalue weighted by molar-refractivity contribution is -0.192. The van der Waals surface area contributed by atoms with Gasteiger partial charge >= 0.3 is 12.1 Å². The van der Waals surface area contributed by atoms with E-state index in [-0.39, 0.29) is 67.6 Å². The predicted octanol–water partition coefficient (Wildman–Crippen LogP) is 5.85. The van der Waals surface area contributed by atoms with Gasteiger partial charge in [0.2, 0.25) is 29.5 Å². The van der Waals surface area contributed by atoms with Crippen molar-refractivity contribution in [3.63, 3.8) is 0 Å². The van der Waals surface area contributed by atoms with Crippen LogP contribution in [0.1, 0.15) is 130 Å². The molecule has 4 atom stereocenters. The summed E-state index contributed by atoms with van der Waals surface area (Å²) in [5.74, 6) is -5.66. The van der Waals surface area contributed by atoms with Crippen LogP contribution in [0.15, 0.2) is 48.0 Å². The number of piperidine rings is 1. The number of alkyl halides is 3. The molecule has 2 aromatic carbocycles. The van der Waals surface area contributed by atoms with Crippen molar-refractivity contribution in [2.45, 2.75) is 142 Å². The maximum atomic E-state index is 14.0. The number of rotatable bonds is 19. The third-order valence-corrected chi connectivity index (χ3v) is 12.9. The van der Waals surface area contributed by atoms with Gasteiger partial charge in [-0.25, -0.2) is 9.78 Å². The van der Waals surface area contributed by atoms with Crippen molar-refractivity contribution in [3.05, 3.63) is 70.4 Å². The zero-order valence-electron chi connectivity index (χ0n) is 39.0. The van der Waals surface area contributed by atoms with E-state index in [1.807, 2.05) is 57.5 Å². The van der Waals surface area contributed by atoms with E-state index >= 15 is 0 Å². The Balaban J connectivity index is 0.00000118. The highest BCUT2D eigenvalue weighted by atomic mass is 32.1. The summed E-state index contributed by atoms with van der Waals surface area (Å²) in [5.41, 5.74) is 4.43. The number of carboxylic acid groups (broad SMARTS) is 1. The summed E-state index contributed by atoms with van der Waals surface area (Å²) in [6.07, 6.45) is 1.75. The molecule has 17 nitrogen and oxygen atoms in total. The number of likely N-dealkylation sites (tertiary alicyclic amines) is 1. The molecule has 0 aliphatic carbocycles. The smallest absolute Gasteiger partial charge is 0.490 e. The Hall–Kier alpha value is -6.22. The molecule has 7 amide bonds. The van der Waals surface area contributed by atoms with Crippen molar-refractivity contribution in [1.29, 1.82) is 0 Å². The number of benzene rings is 2. The minimum Gasteiger partial charge on any atom is -0.493 e. The highest BCUT2D eigenvalue weighted by Gasteiger charge is 2.47. The molecule has 3 aliphatic rings. The van der Waals surface area contributed by atoms with Crippen molar-refractivity contribution in [2.24, 2.45) is 5.41 Å². The van der Waals surface area contributed by atoms with E-state index < -0.39 is 65.4 Å². The lowest BCUT2D eigenvalue weighted by atomic mass is 9.85. The molecule has 69 heavy (non-hydrogen) atoms. The van der Waals surface area contributed by atoms with Crippen LogP contribution in [0.3, 0.4) is 0 Å². The number of nitrogens with one attached hydrogen (secondary N) is 3. The molecule has 6 rings (SSSR count). The number of carbonyl (C=O) groups is 8. The number of fused-ring (bicyclic) bond motifs is 1. The van der Waals surface area contributed by atoms with Gasteiger partial charge in [0.25, 0.3) is 11.8 Å². The Morgan fingerprint density at radius 1 is 0.928 bits per heavy atom. The van der Waals surface area contributed by atoms with E-state index in [0.717, 1.165) is 71.5 Å². The molecule has 3 aliphatic heterocycles. The third-order valence-electron chi connectivity index (χ3n) is 11.9. The van der Waals surface area contributed by atoms with Gasteiger partial charge in [-0.15, -0.1) is 11.3 Å². The molecule has 21 heteroatoms. The maximum absolute atomic E-state index is 14.0. The molecule has 1 aromatic heterocycles. The zero-order chi connectivity index (χ0) is 50.6. The normalized spacial score (nSPS) is 18.5. The first-order valence-electron chi connectivity index (χ1n) is 22.9. The van der Waals surface area contributed by atoms with E-state index in [4.69, 9.17) is 14.6 Å². The second-order valence-corrected chi connectivity index (χ2v) is 19.2. The average molecular weight is 985 g/mol. The molecule has 2 fully saturated rings. The number of aromatic nitrogens is 1. The van der Waals surface area contributed by atoms with Gasteiger partial charge in [0, 0.05) is 32.4 Å². The van der Waals surface area contributed by atoms with Crippen LogP contribution in [0.2, 0.25) is 0 Å². The molecule has 0 spiro atoms. The molecule has 1 unspecified atom stereocenters. The van der Waals surface area contributed by atoms with Gasteiger partial charge in [-0.05, 0) is 54.9 Å². The highest BCUT2D eigenvalue weighted by Crippen LogP contribution is 2.34. The van der Waals surface area contributed by atoms with E-state index in [1.54, 1.807) is 29.5 Å². The minimum atomic E-state index is -5.08. The summed E-state index contributed by atoms with van der Waals surface area (Å²) in [6.45, 7) is 8.23. The Morgan fingerprint density at radius 2 is 1.57 bits per heavy atom. The molecule has 0 saturated carbocycles. The molecule has 0 bridgehead atoms. The topological polar surface area (TPSA) is 242 Å². The Labute approximate surface area is 401 Å². The van der Waals surface area contributed by atoms with Gasteiger partial charge in [0.05, 0.1) is 39.9 Å². The first kappa shape index (κ1) is 53.7.